The number of alkyl carbamates (subject to hydrolysis) is 1. The molecule has 3 aromatic rings. The number of ketones is 2. The van der Waals surface area contributed by atoms with Crippen molar-refractivity contribution in [2.75, 3.05) is 6.54 Å². The van der Waals surface area contributed by atoms with Crippen molar-refractivity contribution in [3.63, 3.8) is 0 Å². The molecule has 0 aliphatic heterocycles. The number of aromatic nitrogens is 1. The molecule has 1 heterocycles. The summed E-state index contributed by atoms with van der Waals surface area (Å²) in [7, 11) is 0. The van der Waals surface area contributed by atoms with Crippen molar-refractivity contribution in [3.8, 4) is 0 Å². The third kappa shape index (κ3) is 9.50. The van der Waals surface area contributed by atoms with Crippen molar-refractivity contribution in [3.05, 3.63) is 102 Å². The first-order valence-corrected chi connectivity index (χ1v) is 13.9. The molecule has 2 amide bonds. The van der Waals surface area contributed by atoms with Crippen molar-refractivity contribution < 1.29 is 32.7 Å². The van der Waals surface area contributed by atoms with Crippen LogP contribution in [0.4, 0.5) is 13.6 Å². The monoisotopic (exact) mass is 594 g/mol. The van der Waals surface area contributed by atoms with Crippen LogP contribution in [0.3, 0.4) is 0 Å². The van der Waals surface area contributed by atoms with E-state index in [-0.39, 0.29) is 18.6 Å². The van der Waals surface area contributed by atoms with E-state index in [4.69, 9.17) is 10.5 Å². The minimum atomic E-state index is -3.93. The lowest BCUT2D eigenvalue weighted by Crippen LogP contribution is -2.60. The summed E-state index contributed by atoms with van der Waals surface area (Å²) in [5.41, 5.74) is 5.48. The van der Waals surface area contributed by atoms with Gasteiger partial charge in [0.2, 0.25) is 11.7 Å². The summed E-state index contributed by atoms with van der Waals surface area (Å²) >= 11 is 0. The molecule has 0 fully saturated rings. The third-order valence-corrected chi connectivity index (χ3v) is 6.86. The van der Waals surface area contributed by atoms with Gasteiger partial charge < -0.3 is 21.1 Å². The second-order valence-electron chi connectivity index (χ2n) is 10.5. The van der Waals surface area contributed by atoms with Crippen LogP contribution >= 0.6 is 0 Å². The first-order chi connectivity index (χ1) is 20.4. The van der Waals surface area contributed by atoms with E-state index in [1.807, 2.05) is 0 Å². The number of hydrogen-bond acceptors (Lipinski definition) is 7. The van der Waals surface area contributed by atoms with Gasteiger partial charge in [0.05, 0.1) is 11.7 Å². The zero-order valence-electron chi connectivity index (χ0n) is 24.1. The van der Waals surface area contributed by atoms with E-state index in [0.29, 0.717) is 5.69 Å². The number of hydrogen-bond donors (Lipinski definition) is 3. The molecule has 0 bridgehead atoms. The first-order valence-electron chi connectivity index (χ1n) is 13.9. The molecular formula is C32H36F2N4O5. The third-order valence-electron chi connectivity index (χ3n) is 6.86. The Labute approximate surface area is 249 Å². The van der Waals surface area contributed by atoms with E-state index >= 15 is 8.78 Å². The zero-order valence-corrected chi connectivity index (χ0v) is 24.1. The molecule has 3 rings (SSSR count). The van der Waals surface area contributed by atoms with Crippen LogP contribution in [-0.2, 0) is 37.7 Å². The standard InChI is InChI=1S/C32H36F2N4O5/c1-22(2)28(38-27(40)19-37-30(42)43-20-25-15-9-10-18-36-25)29(41)31(35,24-13-7-4-8-14-24)21-32(33,34)26(39)17-16-23-11-5-3-6-12-23/h3-15,18,22,28H,16-17,19-21,35H2,1-2H3,(H,37,42)(H,38,40)/t28-,31-/m0/s1. The maximum Gasteiger partial charge on any atom is 0.407 e. The number of carbonyl (C=O) groups is 4. The molecule has 0 radical (unpaired) electrons. The number of carbonyl (C=O) groups excluding carboxylic acids is 4. The molecule has 9 nitrogen and oxygen atoms in total. The number of ether oxygens (including phenoxy) is 1. The Morgan fingerprint density at radius 2 is 1.56 bits per heavy atom. The van der Waals surface area contributed by atoms with Gasteiger partial charge in [0.1, 0.15) is 18.7 Å². The summed E-state index contributed by atoms with van der Waals surface area (Å²) in [5, 5.41) is 4.78. The number of halogens is 2. The lowest BCUT2D eigenvalue weighted by atomic mass is 9.76. The van der Waals surface area contributed by atoms with Crippen molar-refractivity contribution in [2.45, 2.75) is 57.2 Å². The maximum absolute atomic E-state index is 15.5. The molecule has 2 atom stereocenters. The van der Waals surface area contributed by atoms with Crippen LogP contribution in [0.25, 0.3) is 0 Å². The van der Waals surface area contributed by atoms with Gasteiger partial charge in [-0.25, -0.2) is 4.79 Å². The molecule has 11 heteroatoms. The topological polar surface area (TPSA) is 140 Å². The number of pyridine rings is 1. The number of benzene rings is 2. The van der Waals surface area contributed by atoms with Crippen LogP contribution in [0.15, 0.2) is 85.1 Å². The van der Waals surface area contributed by atoms with Gasteiger partial charge in [-0.05, 0) is 35.6 Å². The normalized spacial score (nSPS) is 13.4. The van der Waals surface area contributed by atoms with E-state index in [0.717, 1.165) is 5.56 Å². The predicted molar refractivity (Wildman–Crippen MR) is 156 cm³/mol. The first kappa shape index (κ1) is 33.0. The van der Waals surface area contributed by atoms with E-state index in [1.165, 1.54) is 18.3 Å². The molecule has 0 spiro atoms. The van der Waals surface area contributed by atoms with Crippen molar-refractivity contribution in [1.29, 1.82) is 0 Å². The lowest BCUT2D eigenvalue weighted by molar-refractivity contribution is -0.149. The molecule has 0 aliphatic rings. The highest BCUT2D eigenvalue weighted by molar-refractivity contribution is 5.98. The summed E-state index contributed by atoms with van der Waals surface area (Å²) in [5.74, 6) is -7.49. The molecular weight excluding hydrogens is 558 g/mol. The van der Waals surface area contributed by atoms with Gasteiger partial charge in [-0.2, -0.15) is 8.78 Å². The molecule has 0 saturated carbocycles. The van der Waals surface area contributed by atoms with E-state index < -0.39 is 66.4 Å². The second kappa shape index (κ2) is 15.1. The molecule has 228 valence electrons. The Bertz CT molecular complexity index is 1370. The fourth-order valence-corrected chi connectivity index (χ4v) is 4.46. The summed E-state index contributed by atoms with van der Waals surface area (Å²) in [6.07, 6.45) is -0.972. The number of nitrogens with two attached hydrogens (primary N) is 1. The number of nitrogens with one attached hydrogen (secondary N) is 2. The Balaban J connectivity index is 1.71. The number of alkyl halides is 2. The van der Waals surface area contributed by atoms with E-state index in [2.05, 4.69) is 15.6 Å². The summed E-state index contributed by atoms with van der Waals surface area (Å²) < 4.78 is 35.9. The van der Waals surface area contributed by atoms with Crippen LogP contribution in [-0.4, -0.2) is 47.1 Å². The molecule has 2 aromatic carbocycles. The van der Waals surface area contributed by atoms with Crippen LogP contribution in [0.5, 0.6) is 0 Å². The molecule has 0 unspecified atom stereocenters. The molecule has 4 N–H and O–H groups in total. The molecule has 1 aromatic heterocycles. The van der Waals surface area contributed by atoms with Gasteiger partial charge in [-0.1, -0.05) is 80.6 Å². The van der Waals surface area contributed by atoms with Crippen LogP contribution < -0.4 is 16.4 Å². The summed E-state index contributed by atoms with van der Waals surface area (Å²) in [6.45, 7) is 2.57. The Kier molecular flexibility index (Phi) is 11.6. The van der Waals surface area contributed by atoms with Gasteiger partial charge in [-0.3, -0.25) is 19.4 Å². The molecule has 0 saturated heterocycles. The Morgan fingerprint density at radius 1 is 0.930 bits per heavy atom. The number of aryl methyl sites for hydroxylation is 1. The number of Topliss-reactive ketones (excluding diaryl/α,β-unsaturated/α-hetero) is 2. The number of rotatable bonds is 15. The number of nitrogens with zero attached hydrogens (tertiary/aromatic N) is 1. The highest BCUT2D eigenvalue weighted by atomic mass is 19.3. The van der Waals surface area contributed by atoms with E-state index in [1.54, 1.807) is 80.6 Å². The number of amides is 2. The fourth-order valence-electron chi connectivity index (χ4n) is 4.46. The molecule has 0 aliphatic carbocycles. The quantitative estimate of drug-likeness (QED) is 0.241. The van der Waals surface area contributed by atoms with Crippen LogP contribution in [0.2, 0.25) is 0 Å². The predicted octanol–water partition coefficient (Wildman–Crippen LogP) is 4.10. The van der Waals surface area contributed by atoms with E-state index in [9.17, 15) is 19.2 Å². The maximum atomic E-state index is 15.5. The van der Waals surface area contributed by atoms with Gasteiger partial charge in [0, 0.05) is 19.0 Å². The lowest BCUT2D eigenvalue weighted by Gasteiger charge is -2.36. The minimum Gasteiger partial charge on any atom is -0.443 e. The van der Waals surface area contributed by atoms with Crippen LogP contribution in [0, 0.1) is 5.92 Å². The average molecular weight is 595 g/mol. The van der Waals surface area contributed by atoms with Gasteiger partial charge in [0.25, 0.3) is 0 Å². The van der Waals surface area contributed by atoms with Crippen LogP contribution in [0.1, 0.15) is 43.5 Å². The fraction of sp³-hybridized carbons (Fsp3) is 0.344. The SMILES string of the molecule is CC(C)[C@H](NC(=O)CNC(=O)OCc1ccccn1)C(=O)[C@](N)(CC(F)(F)C(=O)CCc1ccccc1)c1ccccc1. The highest BCUT2D eigenvalue weighted by Gasteiger charge is 2.51. The Morgan fingerprint density at radius 3 is 2.16 bits per heavy atom. The van der Waals surface area contributed by atoms with Gasteiger partial charge >= 0.3 is 12.0 Å². The second-order valence-corrected chi connectivity index (χ2v) is 10.5. The Hall–Kier alpha value is -4.51. The smallest absolute Gasteiger partial charge is 0.407 e. The average Bonchev–Trinajstić information content (AvgIpc) is 3.01. The summed E-state index contributed by atoms with van der Waals surface area (Å²) in [6, 6.07) is 20.1. The zero-order chi connectivity index (χ0) is 31.5. The highest BCUT2D eigenvalue weighted by Crippen LogP contribution is 2.36. The largest absolute Gasteiger partial charge is 0.443 e. The van der Waals surface area contributed by atoms with Gasteiger partial charge in [-0.15, -0.1) is 0 Å². The van der Waals surface area contributed by atoms with Crippen molar-refractivity contribution in [1.82, 2.24) is 15.6 Å². The van der Waals surface area contributed by atoms with Crippen molar-refractivity contribution in [2.24, 2.45) is 11.7 Å². The minimum absolute atomic E-state index is 0.0756. The van der Waals surface area contributed by atoms with Crippen molar-refractivity contribution >= 4 is 23.6 Å². The summed E-state index contributed by atoms with van der Waals surface area (Å²) in [4.78, 5) is 55.4. The van der Waals surface area contributed by atoms with Gasteiger partial charge in [0.15, 0.2) is 5.78 Å². The molecule has 43 heavy (non-hydrogen) atoms.